The molecule has 0 fully saturated rings. The van der Waals surface area contributed by atoms with Crippen LogP contribution < -0.4 is 4.72 Å². The average molecular weight is 338 g/mol. The lowest BCUT2D eigenvalue weighted by Gasteiger charge is -2.09. The monoisotopic (exact) mass is 336 g/mol. The summed E-state index contributed by atoms with van der Waals surface area (Å²) in [6, 6.07) is 7.09. The summed E-state index contributed by atoms with van der Waals surface area (Å²) in [5.74, 6) is 0. The van der Waals surface area contributed by atoms with Gasteiger partial charge in [-0.2, -0.15) is 0 Å². The summed E-state index contributed by atoms with van der Waals surface area (Å²) in [4.78, 5) is 3.73. The first-order chi connectivity index (χ1) is 8.88. The number of anilines is 1. The topological polar surface area (TPSA) is 59.1 Å². The number of hydrogen-bond donors (Lipinski definition) is 1. The molecule has 2 aromatic rings. The number of pyridine rings is 1. The van der Waals surface area contributed by atoms with Crippen molar-refractivity contribution >= 4 is 50.5 Å². The lowest BCUT2D eigenvalue weighted by Crippen LogP contribution is -2.13. The highest BCUT2D eigenvalue weighted by atomic mass is 35.5. The molecular formula is C11H7Cl3N2O2S. The first-order valence-corrected chi connectivity index (χ1v) is 7.59. The molecule has 0 saturated heterocycles. The number of rotatable bonds is 3. The Bertz CT molecular complexity index is 699. The van der Waals surface area contributed by atoms with Gasteiger partial charge in [0.25, 0.3) is 10.0 Å². The van der Waals surface area contributed by atoms with Gasteiger partial charge in [-0.3, -0.25) is 4.72 Å². The van der Waals surface area contributed by atoms with Crippen LogP contribution in [0.5, 0.6) is 0 Å². The van der Waals surface area contributed by atoms with Crippen LogP contribution in [0, 0.1) is 0 Å². The normalized spacial score (nSPS) is 11.3. The fourth-order valence-corrected chi connectivity index (χ4v) is 3.36. The van der Waals surface area contributed by atoms with Gasteiger partial charge in [0.1, 0.15) is 0 Å². The van der Waals surface area contributed by atoms with E-state index in [1.807, 2.05) is 0 Å². The van der Waals surface area contributed by atoms with Gasteiger partial charge < -0.3 is 0 Å². The number of nitrogens with one attached hydrogen (secondary N) is 1. The Kier molecular flexibility index (Phi) is 4.20. The number of benzene rings is 1. The van der Waals surface area contributed by atoms with Gasteiger partial charge >= 0.3 is 0 Å². The molecule has 0 aliphatic carbocycles. The molecule has 19 heavy (non-hydrogen) atoms. The van der Waals surface area contributed by atoms with E-state index in [0.29, 0.717) is 0 Å². The van der Waals surface area contributed by atoms with E-state index in [1.54, 1.807) is 6.07 Å². The number of aromatic nitrogens is 1. The molecule has 0 spiro atoms. The van der Waals surface area contributed by atoms with E-state index >= 15 is 0 Å². The van der Waals surface area contributed by atoms with Gasteiger partial charge in [-0.1, -0.05) is 34.8 Å². The Morgan fingerprint density at radius 1 is 1.05 bits per heavy atom. The molecule has 0 unspecified atom stereocenters. The molecule has 100 valence electrons. The Morgan fingerprint density at radius 3 is 2.26 bits per heavy atom. The molecule has 0 atom stereocenters. The zero-order chi connectivity index (χ0) is 14.0. The summed E-state index contributed by atoms with van der Waals surface area (Å²) in [5.41, 5.74) is 0.181. The van der Waals surface area contributed by atoms with Gasteiger partial charge in [0.05, 0.1) is 10.6 Å². The van der Waals surface area contributed by atoms with Crippen LogP contribution in [0.1, 0.15) is 0 Å². The molecule has 0 radical (unpaired) electrons. The molecular weight excluding hydrogens is 331 g/mol. The quantitative estimate of drug-likeness (QED) is 0.866. The van der Waals surface area contributed by atoms with Crippen LogP contribution in [0.3, 0.4) is 0 Å². The van der Waals surface area contributed by atoms with Gasteiger partial charge in [-0.05, 0) is 30.3 Å². The van der Waals surface area contributed by atoms with Crippen LogP contribution in [0.25, 0.3) is 0 Å². The van der Waals surface area contributed by atoms with Crippen molar-refractivity contribution in [1.29, 1.82) is 0 Å². The molecule has 0 aliphatic heterocycles. The molecule has 8 heteroatoms. The maximum atomic E-state index is 12.1. The van der Waals surface area contributed by atoms with Crippen molar-refractivity contribution in [3.63, 3.8) is 0 Å². The lowest BCUT2D eigenvalue weighted by atomic mass is 10.4. The van der Waals surface area contributed by atoms with Crippen molar-refractivity contribution < 1.29 is 8.42 Å². The van der Waals surface area contributed by atoms with Gasteiger partial charge in [-0.15, -0.1) is 0 Å². The van der Waals surface area contributed by atoms with E-state index in [0.717, 1.165) is 0 Å². The van der Waals surface area contributed by atoms with Crippen molar-refractivity contribution in [2.45, 2.75) is 4.90 Å². The number of sulfonamides is 1. The number of hydrogen-bond acceptors (Lipinski definition) is 3. The standard InChI is InChI=1S/C11H7Cl3N2O2S/c12-7-4-8(13)6-9(5-7)19(17,18)16-10-2-1-3-15-11(10)14/h1-6,16H. The Morgan fingerprint density at radius 2 is 1.68 bits per heavy atom. The van der Waals surface area contributed by atoms with E-state index in [1.165, 1.54) is 30.5 Å². The average Bonchev–Trinajstić information content (AvgIpc) is 2.31. The lowest BCUT2D eigenvalue weighted by molar-refractivity contribution is 0.601. The first kappa shape index (κ1) is 14.4. The Labute approximate surface area is 125 Å². The first-order valence-electron chi connectivity index (χ1n) is 4.98. The predicted molar refractivity (Wildman–Crippen MR) is 76.5 cm³/mol. The molecule has 0 saturated carbocycles. The van der Waals surface area contributed by atoms with Crippen LogP contribution in [0.15, 0.2) is 41.4 Å². The van der Waals surface area contributed by atoms with Crippen LogP contribution in [-0.2, 0) is 10.0 Å². The minimum absolute atomic E-state index is 0.0510. The second-order valence-corrected chi connectivity index (χ2v) is 6.47. The fourth-order valence-electron chi connectivity index (χ4n) is 1.35. The summed E-state index contributed by atoms with van der Waals surface area (Å²) >= 11 is 17.3. The highest BCUT2D eigenvalue weighted by Gasteiger charge is 2.17. The number of halogens is 3. The van der Waals surface area contributed by atoms with Crippen molar-refractivity contribution in [3.05, 3.63) is 51.7 Å². The van der Waals surface area contributed by atoms with Crippen molar-refractivity contribution in [2.24, 2.45) is 0 Å². The smallest absolute Gasteiger partial charge is 0.262 e. The second kappa shape index (κ2) is 5.54. The molecule has 2 rings (SSSR count). The third-order valence-corrected chi connectivity index (χ3v) is 4.23. The van der Waals surface area contributed by atoms with Crippen LogP contribution in [-0.4, -0.2) is 13.4 Å². The Hall–Kier alpha value is -1.01. The zero-order valence-corrected chi connectivity index (χ0v) is 12.4. The highest BCUT2D eigenvalue weighted by Crippen LogP contribution is 2.26. The summed E-state index contributed by atoms with van der Waals surface area (Å²) in [6.07, 6.45) is 1.45. The van der Waals surface area contributed by atoms with Crippen molar-refractivity contribution in [2.75, 3.05) is 4.72 Å². The highest BCUT2D eigenvalue weighted by molar-refractivity contribution is 7.92. The van der Waals surface area contributed by atoms with Gasteiger partial charge in [-0.25, -0.2) is 13.4 Å². The minimum atomic E-state index is -3.82. The molecule has 1 heterocycles. The summed E-state index contributed by atoms with van der Waals surface area (Å²) in [5, 5.41) is 0.509. The van der Waals surface area contributed by atoms with Gasteiger partial charge in [0.15, 0.2) is 5.15 Å². The van der Waals surface area contributed by atoms with E-state index in [4.69, 9.17) is 34.8 Å². The number of nitrogens with zero attached hydrogens (tertiary/aromatic N) is 1. The van der Waals surface area contributed by atoms with E-state index < -0.39 is 10.0 Å². The van der Waals surface area contributed by atoms with E-state index in [-0.39, 0.29) is 25.8 Å². The third-order valence-electron chi connectivity index (χ3n) is 2.15. The van der Waals surface area contributed by atoms with Crippen LogP contribution >= 0.6 is 34.8 Å². The molecule has 0 aliphatic rings. The van der Waals surface area contributed by atoms with Crippen molar-refractivity contribution in [1.82, 2.24) is 4.98 Å². The van der Waals surface area contributed by atoms with Crippen LogP contribution in [0.2, 0.25) is 15.2 Å². The van der Waals surface area contributed by atoms with Crippen LogP contribution in [0.4, 0.5) is 5.69 Å². The van der Waals surface area contributed by atoms with E-state index in [9.17, 15) is 8.42 Å². The summed E-state index contributed by atoms with van der Waals surface area (Å²) in [7, 11) is -3.82. The van der Waals surface area contributed by atoms with Gasteiger partial charge in [0.2, 0.25) is 0 Å². The second-order valence-electron chi connectivity index (χ2n) is 3.55. The Balaban J connectivity index is 2.41. The molecule has 1 N–H and O–H groups in total. The largest absolute Gasteiger partial charge is 0.276 e. The third kappa shape index (κ3) is 3.51. The molecule has 0 bridgehead atoms. The minimum Gasteiger partial charge on any atom is -0.276 e. The molecule has 1 aromatic heterocycles. The van der Waals surface area contributed by atoms with Crippen molar-refractivity contribution in [3.8, 4) is 0 Å². The fraction of sp³-hybridized carbons (Fsp3) is 0. The zero-order valence-electron chi connectivity index (χ0n) is 9.27. The summed E-state index contributed by atoms with van der Waals surface area (Å²) < 4.78 is 26.6. The molecule has 0 amide bonds. The maximum absolute atomic E-state index is 12.1. The SMILES string of the molecule is O=S(=O)(Nc1cccnc1Cl)c1cc(Cl)cc(Cl)c1. The molecule has 4 nitrogen and oxygen atoms in total. The predicted octanol–water partition coefficient (Wildman–Crippen LogP) is 3.84. The maximum Gasteiger partial charge on any atom is 0.262 e. The molecule has 1 aromatic carbocycles. The van der Waals surface area contributed by atoms with Gasteiger partial charge in [0, 0.05) is 16.2 Å². The van der Waals surface area contributed by atoms with E-state index in [2.05, 4.69) is 9.71 Å². The summed E-state index contributed by atoms with van der Waals surface area (Å²) in [6.45, 7) is 0.